The van der Waals surface area contributed by atoms with Gasteiger partial charge in [0, 0.05) is 18.0 Å². The van der Waals surface area contributed by atoms with Gasteiger partial charge in [-0.3, -0.25) is 4.79 Å². The van der Waals surface area contributed by atoms with E-state index in [0.29, 0.717) is 24.4 Å². The van der Waals surface area contributed by atoms with Crippen molar-refractivity contribution in [3.63, 3.8) is 0 Å². The van der Waals surface area contributed by atoms with Crippen LogP contribution in [-0.2, 0) is 11.0 Å². The second-order valence-electron chi connectivity index (χ2n) is 11.0. The normalized spacial score (nSPS) is 13.2. The van der Waals surface area contributed by atoms with Gasteiger partial charge in [-0.2, -0.15) is 0 Å². The Bertz CT molecular complexity index is 1160. The van der Waals surface area contributed by atoms with E-state index in [-0.39, 0.29) is 16.7 Å². The molecule has 7 heteroatoms. The van der Waals surface area contributed by atoms with Crippen LogP contribution in [0.3, 0.4) is 0 Å². The third-order valence-corrected chi connectivity index (χ3v) is 11.6. The lowest BCUT2D eigenvalue weighted by Gasteiger charge is -2.39. The average molecular weight is 510 g/mol. The molecular formula is C29H43N3O3Si. The lowest BCUT2D eigenvalue weighted by atomic mass is 10.0. The number of pyridine rings is 1. The second kappa shape index (κ2) is 12.7. The number of unbranched alkanes of at least 4 members (excludes halogenated alkanes) is 2. The van der Waals surface area contributed by atoms with Crippen molar-refractivity contribution in [3.05, 3.63) is 76.1 Å². The Morgan fingerprint density at radius 1 is 1.00 bits per heavy atom. The molecule has 0 aliphatic heterocycles. The van der Waals surface area contributed by atoms with Gasteiger partial charge in [-0.1, -0.05) is 63.6 Å². The van der Waals surface area contributed by atoms with Gasteiger partial charge in [0.2, 0.25) is 5.56 Å². The Hall–Kier alpha value is -2.45. The third-order valence-electron chi connectivity index (χ3n) is 7.11. The first kappa shape index (κ1) is 28.1. The molecule has 0 fully saturated rings. The number of ether oxygens (including phenoxy) is 1. The quantitative estimate of drug-likeness (QED) is 0.197. The summed E-state index contributed by atoms with van der Waals surface area (Å²) in [5.74, 6) is 0.663. The van der Waals surface area contributed by atoms with E-state index in [9.17, 15) is 4.79 Å². The molecule has 0 bridgehead atoms. The van der Waals surface area contributed by atoms with E-state index in [2.05, 4.69) is 50.2 Å². The Morgan fingerprint density at radius 2 is 1.75 bits per heavy atom. The van der Waals surface area contributed by atoms with E-state index in [0.717, 1.165) is 48.9 Å². The van der Waals surface area contributed by atoms with Crippen LogP contribution in [0.5, 0.6) is 5.75 Å². The molecule has 0 aliphatic rings. The molecule has 36 heavy (non-hydrogen) atoms. The van der Waals surface area contributed by atoms with Crippen molar-refractivity contribution in [2.24, 2.45) is 5.73 Å². The van der Waals surface area contributed by atoms with Gasteiger partial charge in [0.05, 0.1) is 11.6 Å². The molecule has 0 spiro atoms. The Balaban J connectivity index is 1.92. The standard InChI is InChI=1S/C29H43N3O3Si/c1-29(2,3)36(4,5)35-26(20-31-19-11-7-10-18-30)23-14-16-25(28-24(23)15-17-27(33)32-28)34-21-22-12-8-6-9-13-22/h6,8-9,12-17,26,31H,7,10-11,18-21,30H2,1-5H3,(H,32,33)/t26-/m0/s1. The Morgan fingerprint density at radius 3 is 2.44 bits per heavy atom. The summed E-state index contributed by atoms with van der Waals surface area (Å²) >= 11 is 0. The molecule has 3 rings (SSSR count). The molecule has 1 atom stereocenters. The molecule has 1 aromatic heterocycles. The maximum absolute atomic E-state index is 12.3. The van der Waals surface area contributed by atoms with Gasteiger partial charge >= 0.3 is 0 Å². The summed E-state index contributed by atoms with van der Waals surface area (Å²) in [6, 6.07) is 17.6. The van der Waals surface area contributed by atoms with Gasteiger partial charge in [-0.15, -0.1) is 0 Å². The first-order valence-corrected chi connectivity index (χ1v) is 15.9. The smallest absolute Gasteiger partial charge is 0.248 e. The average Bonchev–Trinajstić information content (AvgIpc) is 2.83. The fraction of sp³-hybridized carbons (Fsp3) is 0.483. The summed E-state index contributed by atoms with van der Waals surface area (Å²) in [6.45, 7) is 14.1. The lowest BCUT2D eigenvalue weighted by molar-refractivity contribution is 0.181. The van der Waals surface area contributed by atoms with E-state index in [1.807, 2.05) is 42.5 Å². The van der Waals surface area contributed by atoms with Crippen LogP contribution in [0, 0.1) is 0 Å². The molecule has 4 N–H and O–H groups in total. The maximum Gasteiger partial charge on any atom is 0.248 e. The second-order valence-corrected chi connectivity index (χ2v) is 15.7. The minimum absolute atomic E-state index is 0.0786. The van der Waals surface area contributed by atoms with Crippen LogP contribution < -0.4 is 21.3 Å². The molecule has 1 heterocycles. The van der Waals surface area contributed by atoms with Gasteiger partial charge in [-0.25, -0.2) is 0 Å². The highest BCUT2D eigenvalue weighted by atomic mass is 28.4. The van der Waals surface area contributed by atoms with E-state index in [1.54, 1.807) is 6.07 Å². The summed E-state index contributed by atoms with van der Waals surface area (Å²) in [6.07, 6.45) is 3.12. The number of hydrogen-bond acceptors (Lipinski definition) is 5. The lowest BCUT2D eigenvalue weighted by Crippen LogP contribution is -2.43. The van der Waals surface area contributed by atoms with Crippen molar-refractivity contribution >= 4 is 19.2 Å². The summed E-state index contributed by atoms with van der Waals surface area (Å²) < 4.78 is 13.1. The van der Waals surface area contributed by atoms with Crippen molar-refractivity contribution in [1.82, 2.24) is 10.3 Å². The van der Waals surface area contributed by atoms with Crippen molar-refractivity contribution < 1.29 is 9.16 Å². The number of aromatic nitrogens is 1. The van der Waals surface area contributed by atoms with Crippen molar-refractivity contribution in [2.45, 2.75) is 70.9 Å². The molecule has 0 aliphatic carbocycles. The number of H-pyrrole nitrogens is 1. The number of aromatic amines is 1. The van der Waals surface area contributed by atoms with Crippen LogP contribution >= 0.6 is 0 Å². The molecule has 196 valence electrons. The highest BCUT2D eigenvalue weighted by Gasteiger charge is 2.39. The van der Waals surface area contributed by atoms with Crippen LogP contribution in [0.15, 0.2) is 59.4 Å². The zero-order valence-corrected chi connectivity index (χ0v) is 23.5. The molecule has 0 radical (unpaired) electrons. The van der Waals surface area contributed by atoms with Gasteiger partial charge < -0.3 is 25.2 Å². The number of hydrogen-bond donors (Lipinski definition) is 3. The first-order chi connectivity index (χ1) is 17.1. The van der Waals surface area contributed by atoms with Gasteiger partial charge in [0.15, 0.2) is 8.32 Å². The molecule has 2 aromatic carbocycles. The minimum atomic E-state index is -2.06. The molecule has 0 amide bonds. The number of fused-ring (bicyclic) bond motifs is 1. The number of nitrogens with two attached hydrogens (primary N) is 1. The van der Waals surface area contributed by atoms with Crippen molar-refractivity contribution in [1.29, 1.82) is 0 Å². The predicted octanol–water partition coefficient (Wildman–Crippen LogP) is 5.89. The van der Waals surface area contributed by atoms with Crippen molar-refractivity contribution in [2.75, 3.05) is 19.6 Å². The highest BCUT2D eigenvalue weighted by molar-refractivity contribution is 6.74. The number of benzene rings is 2. The van der Waals surface area contributed by atoms with Gasteiger partial charge in [0.1, 0.15) is 12.4 Å². The molecular weight excluding hydrogens is 466 g/mol. The highest BCUT2D eigenvalue weighted by Crippen LogP contribution is 2.41. The minimum Gasteiger partial charge on any atom is -0.487 e. The number of nitrogens with one attached hydrogen (secondary N) is 2. The topological polar surface area (TPSA) is 89.4 Å². The van der Waals surface area contributed by atoms with E-state index in [4.69, 9.17) is 14.9 Å². The SMILES string of the molecule is CC(C)(C)[Si](C)(C)O[C@@H](CNCCCCCN)c1ccc(OCc2ccccc2)c2[nH]c(=O)ccc12. The zero-order chi connectivity index (χ0) is 26.2. The summed E-state index contributed by atoms with van der Waals surface area (Å²) in [4.78, 5) is 15.3. The largest absolute Gasteiger partial charge is 0.487 e. The zero-order valence-electron chi connectivity index (χ0n) is 22.5. The molecule has 0 saturated heterocycles. The Labute approximate surface area is 216 Å². The third kappa shape index (κ3) is 7.52. The van der Waals surface area contributed by atoms with Crippen LogP contribution in [0.1, 0.15) is 57.3 Å². The van der Waals surface area contributed by atoms with Gasteiger partial charge in [0.25, 0.3) is 0 Å². The number of rotatable bonds is 13. The molecule has 0 saturated carbocycles. The monoisotopic (exact) mass is 509 g/mol. The van der Waals surface area contributed by atoms with Crippen molar-refractivity contribution in [3.8, 4) is 5.75 Å². The van der Waals surface area contributed by atoms with E-state index >= 15 is 0 Å². The predicted molar refractivity (Wildman–Crippen MR) is 152 cm³/mol. The summed E-state index contributed by atoms with van der Waals surface area (Å²) in [5, 5.41) is 4.64. The molecule has 6 nitrogen and oxygen atoms in total. The van der Waals surface area contributed by atoms with E-state index in [1.165, 1.54) is 0 Å². The fourth-order valence-electron chi connectivity index (χ4n) is 3.94. The maximum atomic E-state index is 12.3. The van der Waals surface area contributed by atoms with Crippen LogP contribution in [0.25, 0.3) is 10.9 Å². The van der Waals surface area contributed by atoms with Gasteiger partial charge in [-0.05, 0) is 67.3 Å². The summed E-state index contributed by atoms with van der Waals surface area (Å²) in [7, 11) is -2.06. The Kier molecular flexibility index (Phi) is 9.90. The molecule has 0 unspecified atom stereocenters. The van der Waals surface area contributed by atoms with Crippen LogP contribution in [-0.4, -0.2) is 32.9 Å². The van der Waals surface area contributed by atoms with Crippen LogP contribution in [0.2, 0.25) is 18.1 Å². The van der Waals surface area contributed by atoms with E-state index < -0.39 is 8.32 Å². The fourth-order valence-corrected chi connectivity index (χ4v) is 5.21. The summed E-state index contributed by atoms with van der Waals surface area (Å²) in [5.41, 5.74) is 8.34. The first-order valence-electron chi connectivity index (χ1n) is 13.0. The van der Waals surface area contributed by atoms with Crippen LogP contribution in [0.4, 0.5) is 0 Å². The molecule has 3 aromatic rings.